The highest BCUT2D eigenvalue weighted by molar-refractivity contribution is 6.40. The van der Waals surface area contributed by atoms with Crippen LogP contribution < -0.4 is 9.47 Å². The molecule has 0 heterocycles. The van der Waals surface area contributed by atoms with Crippen LogP contribution in [0.25, 0.3) is 10.8 Å². The molecule has 6 heteroatoms. The number of hydrogen-bond acceptors (Lipinski definition) is 5. The second kappa shape index (κ2) is 8.31. The van der Waals surface area contributed by atoms with E-state index in [1.54, 1.807) is 0 Å². The molecule has 27 heavy (non-hydrogen) atoms. The van der Waals surface area contributed by atoms with Crippen LogP contribution in [-0.2, 0) is 9.53 Å². The van der Waals surface area contributed by atoms with Crippen LogP contribution in [0.1, 0.15) is 10.4 Å². The molecule has 0 saturated carbocycles. The maximum absolute atomic E-state index is 14.0. The van der Waals surface area contributed by atoms with Crippen molar-refractivity contribution in [3.05, 3.63) is 72.0 Å². The van der Waals surface area contributed by atoms with Gasteiger partial charge in [0.05, 0.1) is 7.11 Å². The van der Waals surface area contributed by atoms with Crippen molar-refractivity contribution < 1.29 is 28.2 Å². The molecule has 138 valence electrons. The topological polar surface area (TPSA) is 61.8 Å². The first kappa shape index (κ1) is 18.4. The second-order valence-corrected chi connectivity index (χ2v) is 5.67. The number of methoxy groups -OCH3 is 1. The van der Waals surface area contributed by atoms with Gasteiger partial charge in [0.15, 0.2) is 11.6 Å². The van der Waals surface area contributed by atoms with Gasteiger partial charge in [0, 0.05) is 5.56 Å². The Morgan fingerprint density at radius 1 is 0.889 bits per heavy atom. The monoisotopic (exact) mass is 368 g/mol. The average Bonchev–Trinajstić information content (AvgIpc) is 2.70. The zero-order chi connectivity index (χ0) is 19.2. The van der Waals surface area contributed by atoms with E-state index in [0.29, 0.717) is 5.75 Å². The second-order valence-electron chi connectivity index (χ2n) is 5.67. The fourth-order valence-corrected chi connectivity index (χ4v) is 2.54. The minimum Gasteiger partial charge on any atom is -0.490 e. The Kier molecular flexibility index (Phi) is 5.66. The number of halogens is 1. The number of benzene rings is 3. The van der Waals surface area contributed by atoms with Gasteiger partial charge in [-0.15, -0.1) is 0 Å². The third-order valence-corrected chi connectivity index (χ3v) is 3.90. The molecule has 0 radical (unpaired) electrons. The lowest BCUT2D eigenvalue weighted by Gasteiger charge is -2.10. The van der Waals surface area contributed by atoms with Crippen LogP contribution in [0.2, 0.25) is 0 Å². The Balaban J connectivity index is 1.55. The average molecular weight is 368 g/mol. The van der Waals surface area contributed by atoms with E-state index in [0.717, 1.165) is 23.9 Å². The standard InChI is InChI=1S/C21H17FO5/c1-25-21(24)20(23)16-7-9-19(18(22)13-16)27-11-10-26-17-8-6-14-4-2-3-5-15(14)12-17/h2-9,12-13H,10-11H2,1H3. The van der Waals surface area contributed by atoms with Crippen molar-refractivity contribution in [2.75, 3.05) is 20.3 Å². The number of Topliss-reactive ketones (excluding diaryl/α,β-unsaturated/α-hetero) is 1. The van der Waals surface area contributed by atoms with Gasteiger partial charge < -0.3 is 14.2 Å². The predicted molar refractivity (Wildman–Crippen MR) is 97.7 cm³/mol. The fraction of sp³-hybridized carbons (Fsp3) is 0.143. The molecular weight excluding hydrogens is 351 g/mol. The molecule has 3 aromatic rings. The lowest BCUT2D eigenvalue weighted by molar-refractivity contribution is -0.135. The quantitative estimate of drug-likeness (QED) is 0.275. The van der Waals surface area contributed by atoms with Gasteiger partial charge in [-0.3, -0.25) is 4.79 Å². The summed E-state index contributed by atoms with van der Waals surface area (Å²) in [6, 6.07) is 17.2. The van der Waals surface area contributed by atoms with Gasteiger partial charge in [0.1, 0.15) is 19.0 Å². The number of esters is 1. The summed E-state index contributed by atoms with van der Waals surface area (Å²) in [5, 5.41) is 2.18. The molecule has 5 nitrogen and oxygen atoms in total. The summed E-state index contributed by atoms with van der Waals surface area (Å²) < 4.78 is 29.3. The van der Waals surface area contributed by atoms with Crippen molar-refractivity contribution in [3.63, 3.8) is 0 Å². The first-order chi connectivity index (χ1) is 13.1. The van der Waals surface area contributed by atoms with Crippen LogP contribution in [0, 0.1) is 5.82 Å². The Bertz CT molecular complexity index is 983. The zero-order valence-electron chi connectivity index (χ0n) is 14.6. The van der Waals surface area contributed by atoms with Crippen LogP contribution >= 0.6 is 0 Å². The summed E-state index contributed by atoms with van der Waals surface area (Å²) >= 11 is 0. The van der Waals surface area contributed by atoms with Gasteiger partial charge in [-0.25, -0.2) is 9.18 Å². The molecule has 0 amide bonds. The Labute approximate surface area is 155 Å². The molecule has 0 aliphatic heterocycles. The van der Waals surface area contributed by atoms with Gasteiger partial charge in [0.2, 0.25) is 0 Å². The first-order valence-corrected chi connectivity index (χ1v) is 8.25. The summed E-state index contributed by atoms with van der Waals surface area (Å²) in [6.07, 6.45) is 0. The minimum absolute atomic E-state index is 0.0291. The molecule has 0 spiro atoms. The van der Waals surface area contributed by atoms with Crippen LogP contribution in [-0.4, -0.2) is 32.1 Å². The summed E-state index contributed by atoms with van der Waals surface area (Å²) in [7, 11) is 1.09. The van der Waals surface area contributed by atoms with Gasteiger partial charge in [-0.05, 0) is 41.1 Å². The van der Waals surface area contributed by atoms with E-state index < -0.39 is 17.6 Å². The Hall–Kier alpha value is -3.41. The van der Waals surface area contributed by atoms with Gasteiger partial charge in [0.25, 0.3) is 5.78 Å². The van der Waals surface area contributed by atoms with Crippen molar-refractivity contribution in [2.45, 2.75) is 0 Å². The molecular formula is C21H17FO5. The maximum atomic E-state index is 14.0. The van der Waals surface area contributed by atoms with E-state index in [1.807, 2.05) is 42.5 Å². The molecule has 0 unspecified atom stereocenters. The maximum Gasteiger partial charge on any atom is 0.379 e. The largest absolute Gasteiger partial charge is 0.490 e. The highest BCUT2D eigenvalue weighted by atomic mass is 19.1. The van der Waals surface area contributed by atoms with E-state index in [-0.39, 0.29) is 24.5 Å². The van der Waals surface area contributed by atoms with Gasteiger partial charge in [-0.2, -0.15) is 0 Å². The molecule has 0 bridgehead atoms. The summed E-state index contributed by atoms with van der Waals surface area (Å²) in [4.78, 5) is 22.8. The molecule has 0 aromatic heterocycles. The summed E-state index contributed by atoms with van der Waals surface area (Å²) in [5.41, 5.74) is -0.0980. The molecule has 3 rings (SSSR count). The number of carbonyl (C=O) groups is 2. The van der Waals surface area contributed by atoms with E-state index in [1.165, 1.54) is 12.1 Å². The predicted octanol–water partition coefficient (Wildman–Crippen LogP) is 3.79. The van der Waals surface area contributed by atoms with Gasteiger partial charge in [-0.1, -0.05) is 30.3 Å². The normalized spacial score (nSPS) is 10.4. The van der Waals surface area contributed by atoms with Crippen LogP contribution in [0.4, 0.5) is 4.39 Å². The van der Waals surface area contributed by atoms with Crippen LogP contribution in [0.15, 0.2) is 60.7 Å². The molecule has 0 aliphatic carbocycles. The Morgan fingerprint density at radius 3 is 2.37 bits per heavy atom. The van der Waals surface area contributed by atoms with E-state index in [4.69, 9.17) is 9.47 Å². The third kappa shape index (κ3) is 4.41. The third-order valence-electron chi connectivity index (χ3n) is 3.90. The first-order valence-electron chi connectivity index (χ1n) is 8.25. The number of ketones is 1. The number of ether oxygens (including phenoxy) is 3. The number of hydrogen-bond donors (Lipinski definition) is 0. The van der Waals surface area contributed by atoms with E-state index in [2.05, 4.69) is 4.74 Å². The lowest BCUT2D eigenvalue weighted by Crippen LogP contribution is -2.16. The fourth-order valence-electron chi connectivity index (χ4n) is 2.54. The van der Waals surface area contributed by atoms with Crippen molar-refractivity contribution in [1.82, 2.24) is 0 Å². The molecule has 0 atom stereocenters. The SMILES string of the molecule is COC(=O)C(=O)c1ccc(OCCOc2ccc3ccccc3c2)c(F)c1. The molecule has 0 fully saturated rings. The van der Waals surface area contributed by atoms with Crippen molar-refractivity contribution in [1.29, 1.82) is 0 Å². The number of carbonyl (C=O) groups excluding carboxylic acids is 2. The Morgan fingerprint density at radius 2 is 1.63 bits per heavy atom. The van der Waals surface area contributed by atoms with Crippen molar-refractivity contribution in [3.8, 4) is 11.5 Å². The molecule has 3 aromatic carbocycles. The number of fused-ring (bicyclic) bond motifs is 1. The van der Waals surface area contributed by atoms with Crippen molar-refractivity contribution >= 4 is 22.5 Å². The van der Waals surface area contributed by atoms with Crippen LogP contribution in [0.5, 0.6) is 11.5 Å². The van der Waals surface area contributed by atoms with E-state index in [9.17, 15) is 14.0 Å². The molecule has 0 aliphatic rings. The number of rotatable bonds is 7. The van der Waals surface area contributed by atoms with Gasteiger partial charge >= 0.3 is 5.97 Å². The van der Waals surface area contributed by atoms with E-state index >= 15 is 0 Å². The summed E-state index contributed by atoms with van der Waals surface area (Å²) in [6.45, 7) is 0.342. The van der Waals surface area contributed by atoms with Crippen LogP contribution in [0.3, 0.4) is 0 Å². The minimum atomic E-state index is -1.05. The highest BCUT2D eigenvalue weighted by Crippen LogP contribution is 2.21. The summed E-state index contributed by atoms with van der Waals surface area (Å²) in [5.74, 6) is -2.04. The smallest absolute Gasteiger partial charge is 0.379 e. The zero-order valence-corrected chi connectivity index (χ0v) is 14.6. The molecule has 0 N–H and O–H groups in total. The molecule has 0 saturated heterocycles. The van der Waals surface area contributed by atoms with Crippen molar-refractivity contribution in [2.24, 2.45) is 0 Å². The lowest BCUT2D eigenvalue weighted by atomic mass is 10.1. The highest BCUT2D eigenvalue weighted by Gasteiger charge is 2.18.